The Morgan fingerprint density at radius 3 is 2.58 bits per heavy atom. The van der Waals surface area contributed by atoms with Crippen molar-refractivity contribution < 1.29 is 19.4 Å². The van der Waals surface area contributed by atoms with E-state index < -0.39 is 5.97 Å². The second kappa shape index (κ2) is 9.79. The number of carbonyl (C=O) groups excluding carboxylic acids is 1. The van der Waals surface area contributed by atoms with Crippen LogP contribution in [0.4, 0.5) is 0 Å². The van der Waals surface area contributed by atoms with Crippen molar-refractivity contribution in [1.29, 1.82) is 0 Å². The van der Waals surface area contributed by atoms with Crippen LogP contribution in [-0.4, -0.2) is 32.0 Å². The van der Waals surface area contributed by atoms with Gasteiger partial charge >= 0.3 is 5.97 Å². The molecule has 1 N–H and O–H groups in total. The van der Waals surface area contributed by atoms with Crippen LogP contribution in [0.2, 0.25) is 0 Å². The molecule has 2 aromatic carbocycles. The van der Waals surface area contributed by atoms with E-state index in [0.717, 1.165) is 28.5 Å². The van der Waals surface area contributed by atoms with Crippen LogP contribution >= 0.6 is 0 Å². The zero-order valence-electron chi connectivity index (χ0n) is 17.9. The minimum absolute atomic E-state index is 0.0491. The summed E-state index contributed by atoms with van der Waals surface area (Å²) in [6, 6.07) is 16.6. The van der Waals surface area contributed by atoms with Gasteiger partial charge in [-0.3, -0.25) is 9.59 Å². The van der Waals surface area contributed by atoms with Gasteiger partial charge in [0.05, 0.1) is 12.3 Å². The van der Waals surface area contributed by atoms with Crippen molar-refractivity contribution >= 4 is 17.9 Å². The normalized spacial score (nSPS) is 11.4. The van der Waals surface area contributed by atoms with Crippen LogP contribution in [-0.2, 0) is 11.4 Å². The Morgan fingerprint density at radius 2 is 1.91 bits per heavy atom. The first-order valence-corrected chi connectivity index (χ1v) is 10.3. The summed E-state index contributed by atoms with van der Waals surface area (Å²) >= 11 is 0. The van der Waals surface area contributed by atoms with Crippen molar-refractivity contribution in [1.82, 2.24) is 14.6 Å². The van der Waals surface area contributed by atoms with Gasteiger partial charge < -0.3 is 9.84 Å². The average Bonchev–Trinajstić information content (AvgIpc) is 3.31. The monoisotopic (exact) mass is 439 g/mol. The standard InChI is InChI=1S/C26H21N3O4/c1-2-3-21(13-25(31)32)19-8-10-24(11-9-19)33-16-23-12-22(14-29-26(23)27-17-28-29)20-6-4-18(15-30)5-7-20/h4-12,14-15,17,21H,13,16H2,1H3,(H,31,32)/t21-/m0/s1. The van der Waals surface area contributed by atoms with Crippen molar-refractivity contribution in [2.24, 2.45) is 0 Å². The minimum Gasteiger partial charge on any atom is -0.489 e. The molecule has 0 aliphatic carbocycles. The Hall–Kier alpha value is -4.44. The number of fused-ring (bicyclic) bond motifs is 1. The number of nitrogens with zero attached hydrogens (tertiary/aromatic N) is 3. The molecule has 0 aliphatic rings. The molecule has 0 aliphatic heterocycles. The summed E-state index contributed by atoms with van der Waals surface area (Å²) in [5.41, 5.74) is 4.87. The number of pyridine rings is 1. The third-order valence-corrected chi connectivity index (χ3v) is 5.21. The number of carboxylic acids is 1. The van der Waals surface area contributed by atoms with Gasteiger partial charge in [0.25, 0.3) is 0 Å². The fourth-order valence-electron chi connectivity index (χ4n) is 3.57. The third kappa shape index (κ3) is 5.08. The largest absolute Gasteiger partial charge is 0.489 e. The summed E-state index contributed by atoms with van der Waals surface area (Å²) in [5, 5.41) is 13.4. The van der Waals surface area contributed by atoms with Gasteiger partial charge in [0.2, 0.25) is 0 Å². The second-order valence-corrected chi connectivity index (χ2v) is 7.42. The summed E-state index contributed by atoms with van der Waals surface area (Å²) in [7, 11) is 0. The molecule has 4 rings (SSSR count). The number of aldehydes is 1. The fraction of sp³-hybridized carbons (Fsp3) is 0.154. The fourth-order valence-corrected chi connectivity index (χ4v) is 3.57. The number of carbonyl (C=O) groups is 2. The van der Waals surface area contributed by atoms with E-state index in [1.807, 2.05) is 48.7 Å². The number of aromatic nitrogens is 3. The maximum atomic E-state index is 11.1. The van der Waals surface area contributed by atoms with E-state index in [-0.39, 0.29) is 18.9 Å². The number of benzene rings is 2. The lowest BCUT2D eigenvalue weighted by atomic mass is 9.96. The topological polar surface area (TPSA) is 93.8 Å². The molecule has 0 unspecified atom stereocenters. The summed E-state index contributed by atoms with van der Waals surface area (Å²) in [6.45, 7) is 1.97. The molecule has 1 atom stereocenters. The molecule has 7 heteroatoms. The maximum absolute atomic E-state index is 11.1. The van der Waals surface area contributed by atoms with E-state index in [2.05, 4.69) is 21.9 Å². The highest BCUT2D eigenvalue weighted by Gasteiger charge is 2.14. The summed E-state index contributed by atoms with van der Waals surface area (Å²) < 4.78 is 7.69. The number of carboxylic acid groups (broad SMARTS) is 1. The van der Waals surface area contributed by atoms with Crippen LogP contribution in [0.1, 0.15) is 40.7 Å². The van der Waals surface area contributed by atoms with Crippen LogP contribution in [0.3, 0.4) is 0 Å². The Balaban J connectivity index is 1.55. The van der Waals surface area contributed by atoms with E-state index in [1.54, 1.807) is 23.6 Å². The highest BCUT2D eigenvalue weighted by molar-refractivity contribution is 5.77. The molecule has 0 saturated carbocycles. The zero-order valence-corrected chi connectivity index (χ0v) is 17.9. The lowest BCUT2D eigenvalue weighted by Crippen LogP contribution is -2.05. The molecule has 0 spiro atoms. The molecule has 0 saturated heterocycles. The molecule has 164 valence electrons. The Labute approximate surface area is 190 Å². The SMILES string of the molecule is CC#C[C@@H](CC(=O)O)c1ccc(OCc2cc(-c3ccc(C=O)cc3)cn3ncnc23)cc1. The number of ether oxygens (including phenoxy) is 1. The van der Waals surface area contributed by atoms with Gasteiger partial charge in [-0.1, -0.05) is 42.3 Å². The van der Waals surface area contributed by atoms with Crippen molar-refractivity contribution in [3.05, 3.63) is 83.8 Å². The molecular formula is C26H21N3O4. The Morgan fingerprint density at radius 1 is 1.15 bits per heavy atom. The Bertz CT molecular complexity index is 1350. The second-order valence-electron chi connectivity index (χ2n) is 7.42. The predicted molar refractivity (Wildman–Crippen MR) is 123 cm³/mol. The molecule has 0 bridgehead atoms. The Kier molecular flexibility index (Phi) is 6.46. The van der Waals surface area contributed by atoms with E-state index in [9.17, 15) is 9.59 Å². The number of hydrogen-bond donors (Lipinski definition) is 1. The van der Waals surface area contributed by atoms with Crippen LogP contribution in [0.25, 0.3) is 16.8 Å². The van der Waals surface area contributed by atoms with Gasteiger partial charge in [-0.25, -0.2) is 9.50 Å². The van der Waals surface area contributed by atoms with E-state index in [0.29, 0.717) is 17.0 Å². The van der Waals surface area contributed by atoms with Crippen LogP contribution in [0, 0.1) is 11.8 Å². The molecule has 0 amide bonds. The van der Waals surface area contributed by atoms with Gasteiger partial charge in [-0.2, -0.15) is 5.10 Å². The molecular weight excluding hydrogens is 418 g/mol. The van der Waals surface area contributed by atoms with E-state index in [1.165, 1.54) is 6.33 Å². The van der Waals surface area contributed by atoms with E-state index >= 15 is 0 Å². The van der Waals surface area contributed by atoms with Gasteiger partial charge in [0, 0.05) is 22.9 Å². The summed E-state index contributed by atoms with van der Waals surface area (Å²) in [6.07, 6.45) is 4.14. The molecule has 2 aromatic heterocycles. The molecule has 2 heterocycles. The quantitative estimate of drug-likeness (QED) is 0.324. The first-order chi connectivity index (χ1) is 16.1. The first-order valence-electron chi connectivity index (χ1n) is 10.3. The zero-order chi connectivity index (χ0) is 23.2. The van der Waals surface area contributed by atoms with Crippen molar-refractivity contribution in [2.45, 2.75) is 25.9 Å². The van der Waals surface area contributed by atoms with Crippen LogP contribution in [0.5, 0.6) is 5.75 Å². The van der Waals surface area contributed by atoms with Crippen molar-refractivity contribution in [2.75, 3.05) is 0 Å². The van der Waals surface area contributed by atoms with E-state index in [4.69, 9.17) is 9.84 Å². The van der Waals surface area contributed by atoms with Crippen LogP contribution in [0.15, 0.2) is 67.1 Å². The molecule has 4 aromatic rings. The average molecular weight is 439 g/mol. The summed E-state index contributed by atoms with van der Waals surface area (Å²) in [5.74, 6) is 5.14. The van der Waals surface area contributed by atoms with Crippen molar-refractivity contribution in [3.8, 4) is 28.7 Å². The molecule has 0 radical (unpaired) electrons. The number of aliphatic carboxylic acids is 1. The van der Waals surface area contributed by atoms with Gasteiger partial charge in [-0.15, -0.1) is 5.92 Å². The lowest BCUT2D eigenvalue weighted by Gasteiger charge is -2.12. The van der Waals surface area contributed by atoms with Gasteiger partial charge in [-0.05, 0) is 36.2 Å². The number of hydrogen-bond acceptors (Lipinski definition) is 5. The van der Waals surface area contributed by atoms with Crippen LogP contribution < -0.4 is 4.74 Å². The third-order valence-electron chi connectivity index (χ3n) is 5.21. The minimum atomic E-state index is -0.888. The smallest absolute Gasteiger partial charge is 0.304 e. The predicted octanol–water partition coefficient (Wildman–Crippen LogP) is 4.37. The van der Waals surface area contributed by atoms with Gasteiger partial charge in [0.15, 0.2) is 5.65 Å². The van der Waals surface area contributed by atoms with Gasteiger partial charge in [0.1, 0.15) is 25.0 Å². The molecule has 7 nitrogen and oxygen atoms in total. The highest BCUT2D eigenvalue weighted by Crippen LogP contribution is 2.25. The lowest BCUT2D eigenvalue weighted by molar-refractivity contribution is -0.137. The highest BCUT2D eigenvalue weighted by atomic mass is 16.5. The molecule has 0 fully saturated rings. The maximum Gasteiger partial charge on any atom is 0.304 e. The first kappa shape index (κ1) is 21.8. The summed E-state index contributed by atoms with van der Waals surface area (Å²) in [4.78, 5) is 26.4. The number of rotatable bonds is 8. The molecule has 33 heavy (non-hydrogen) atoms. The van der Waals surface area contributed by atoms with Crippen molar-refractivity contribution in [3.63, 3.8) is 0 Å².